The molecule has 0 aliphatic carbocycles. The van der Waals surface area contributed by atoms with Gasteiger partial charge in [-0.2, -0.15) is 0 Å². The van der Waals surface area contributed by atoms with Crippen molar-refractivity contribution in [1.82, 2.24) is 15.1 Å². The second kappa shape index (κ2) is 6.58. The van der Waals surface area contributed by atoms with E-state index in [0.717, 1.165) is 13.1 Å². The number of amides is 2. The minimum atomic E-state index is -0.881. The standard InChI is InChI=1S/C12H23N3O3/c1-4-10(7-11(16)17)13-12(18)15-6-5-14(3)8-9(15)2/h9-10H,4-8H2,1-3H3,(H,13,18)(H,16,17). The van der Waals surface area contributed by atoms with Crippen LogP contribution in [0.2, 0.25) is 0 Å². The van der Waals surface area contributed by atoms with Gasteiger partial charge in [-0.1, -0.05) is 6.92 Å². The number of carbonyl (C=O) groups is 2. The second-order valence-corrected chi connectivity index (χ2v) is 4.96. The minimum absolute atomic E-state index is 0.0234. The van der Waals surface area contributed by atoms with Crippen LogP contribution in [0, 0.1) is 0 Å². The Kier molecular flexibility index (Phi) is 5.40. The second-order valence-electron chi connectivity index (χ2n) is 4.96. The van der Waals surface area contributed by atoms with Gasteiger partial charge in [0.05, 0.1) is 6.42 Å². The van der Waals surface area contributed by atoms with E-state index in [0.29, 0.717) is 13.0 Å². The van der Waals surface area contributed by atoms with Gasteiger partial charge in [-0.15, -0.1) is 0 Å². The fourth-order valence-electron chi connectivity index (χ4n) is 2.21. The molecule has 0 spiro atoms. The Bertz CT molecular complexity index is 309. The number of nitrogens with zero attached hydrogens (tertiary/aromatic N) is 2. The first-order valence-corrected chi connectivity index (χ1v) is 6.41. The highest BCUT2D eigenvalue weighted by Gasteiger charge is 2.27. The Morgan fingerprint density at radius 2 is 2.11 bits per heavy atom. The number of rotatable bonds is 4. The van der Waals surface area contributed by atoms with E-state index in [9.17, 15) is 9.59 Å². The average molecular weight is 257 g/mol. The molecule has 2 unspecified atom stereocenters. The summed E-state index contributed by atoms with van der Waals surface area (Å²) in [6.45, 7) is 6.28. The number of carboxylic acid groups (broad SMARTS) is 1. The molecule has 0 saturated carbocycles. The summed E-state index contributed by atoms with van der Waals surface area (Å²) >= 11 is 0. The van der Waals surface area contributed by atoms with Crippen LogP contribution in [-0.2, 0) is 4.79 Å². The van der Waals surface area contributed by atoms with Crippen LogP contribution in [0.3, 0.4) is 0 Å². The highest BCUT2D eigenvalue weighted by Crippen LogP contribution is 2.09. The number of hydrogen-bond acceptors (Lipinski definition) is 3. The Hall–Kier alpha value is -1.30. The quantitative estimate of drug-likeness (QED) is 0.773. The lowest BCUT2D eigenvalue weighted by atomic mass is 10.1. The van der Waals surface area contributed by atoms with E-state index in [1.807, 2.05) is 20.9 Å². The molecule has 0 aromatic heterocycles. The molecule has 0 radical (unpaired) electrons. The molecule has 2 N–H and O–H groups in total. The maximum absolute atomic E-state index is 12.1. The maximum atomic E-state index is 12.1. The van der Waals surface area contributed by atoms with E-state index in [1.165, 1.54) is 0 Å². The summed E-state index contributed by atoms with van der Waals surface area (Å²) in [6, 6.07) is -0.281. The molecular weight excluding hydrogens is 234 g/mol. The average Bonchev–Trinajstić information content (AvgIpc) is 2.27. The van der Waals surface area contributed by atoms with Crippen molar-refractivity contribution in [3.05, 3.63) is 0 Å². The highest BCUT2D eigenvalue weighted by atomic mass is 16.4. The number of urea groups is 1. The lowest BCUT2D eigenvalue weighted by Gasteiger charge is -2.38. The number of likely N-dealkylation sites (N-methyl/N-ethyl adjacent to an activating group) is 1. The fraction of sp³-hybridized carbons (Fsp3) is 0.833. The number of hydrogen-bond donors (Lipinski definition) is 2. The van der Waals surface area contributed by atoms with Crippen LogP contribution in [-0.4, -0.2) is 65.7 Å². The third-order valence-electron chi connectivity index (χ3n) is 3.33. The van der Waals surface area contributed by atoms with E-state index < -0.39 is 5.97 Å². The predicted molar refractivity (Wildman–Crippen MR) is 68.5 cm³/mol. The maximum Gasteiger partial charge on any atom is 0.317 e. The van der Waals surface area contributed by atoms with Crippen LogP contribution in [0.15, 0.2) is 0 Å². The molecule has 0 bridgehead atoms. The van der Waals surface area contributed by atoms with Gasteiger partial charge in [0.15, 0.2) is 0 Å². The largest absolute Gasteiger partial charge is 0.481 e. The minimum Gasteiger partial charge on any atom is -0.481 e. The van der Waals surface area contributed by atoms with E-state index >= 15 is 0 Å². The van der Waals surface area contributed by atoms with E-state index in [4.69, 9.17) is 5.11 Å². The van der Waals surface area contributed by atoms with Crippen LogP contribution >= 0.6 is 0 Å². The van der Waals surface area contributed by atoms with E-state index in [2.05, 4.69) is 10.2 Å². The molecule has 1 aliphatic rings. The van der Waals surface area contributed by atoms with Gasteiger partial charge in [-0.05, 0) is 20.4 Å². The van der Waals surface area contributed by atoms with Crippen molar-refractivity contribution < 1.29 is 14.7 Å². The summed E-state index contributed by atoms with van der Waals surface area (Å²) in [5.74, 6) is -0.881. The summed E-state index contributed by atoms with van der Waals surface area (Å²) in [6.07, 6.45) is 0.602. The monoisotopic (exact) mass is 257 g/mol. The van der Waals surface area contributed by atoms with Gasteiger partial charge < -0.3 is 20.2 Å². The third-order valence-corrected chi connectivity index (χ3v) is 3.33. The summed E-state index contributed by atoms with van der Waals surface area (Å²) < 4.78 is 0. The third kappa shape index (κ3) is 4.18. The van der Waals surface area contributed by atoms with Crippen molar-refractivity contribution >= 4 is 12.0 Å². The number of nitrogens with one attached hydrogen (secondary N) is 1. The Morgan fingerprint density at radius 3 is 2.61 bits per heavy atom. The molecule has 0 aromatic rings. The lowest BCUT2D eigenvalue weighted by molar-refractivity contribution is -0.137. The van der Waals surface area contributed by atoms with E-state index in [-0.39, 0.29) is 24.5 Å². The van der Waals surface area contributed by atoms with Gasteiger partial charge in [0.25, 0.3) is 0 Å². The van der Waals surface area contributed by atoms with Crippen LogP contribution in [0.25, 0.3) is 0 Å². The van der Waals surface area contributed by atoms with E-state index in [1.54, 1.807) is 4.90 Å². The summed E-state index contributed by atoms with van der Waals surface area (Å²) in [5.41, 5.74) is 0. The zero-order chi connectivity index (χ0) is 13.7. The Labute approximate surface area is 108 Å². The fourth-order valence-corrected chi connectivity index (χ4v) is 2.21. The molecule has 1 rings (SSSR count). The number of carboxylic acids is 1. The van der Waals surface area contributed by atoms with Crippen molar-refractivity contribution in [1.29, 1.82) is 0 Å². The molecule has 6 heteroatoms. The SMILES string of the molecule is CCC(CC(=O)O)NC(=O)N1CCN(C)CC1C. The van der Waals surface area contributed by atoms with Gasteiger partial charge >= 0.3 is 12.0 Å². The number of aliphatic carboxylic acids is 1. The molecule has 104 valence electrons. The Balaban J connectivity index is 2.50. The van der Waals surface area contributed by atoms with Crippen LogP contribution in [0.4, 0.5) is 4.79 Å². The zero-order valence-electron chi connectivity index (χ0n) is 11.3. The van der Waals surface area contributed by atoms with Gasteiger partial charge in [0, 0.05) is 31.7 Å². The van der Waals surface area contributed by atoms with Gasteiger partial charge in [0.2, 0.25) is 0 Å². The first kappa shape index (κ1) is 14.8. The zero-order valence-corrected chi connectivity index (χ0v) is 11.3. The van der Waals surface area contributed by atoms with Crippen molar-refractivity contribution in [2.45, 2.75) is 38.8 Å². The lowest BCUT2D eigenvalue weighted by Crippen LogP contribution is -2.57. The van der Waals surface area contributed by atoms with Crippen LogP contribution < -0.4 is 5.32 Å². The molecular formula is C12H23N3O3. The highest BCUT2D eigenvalue weighted by molar-refractivity contribution is 5.76. The van der Waals surface area contributed by atoms with Crippen molar-refractivity contribution in [2.24, 2.45) is 0 Å². The molecule has 2 amide bonds. The number of piperazine rings is 1. The molecule has 1 aliphatic heterocycles. The Morgan fingerprint density at radius 1 is 1.44 bits per heavy atom. The first-order valence-electron chi connectivity index (χ1n) is 6.41. The summed E-state index contributed by atoms with van der Waals surface area (Å²) in [4.78, 5) is 26.7. The van der Waals surface area contributed by atoms with Crippen LogP contribution in [0.5, 0.6) is 0 Å². The molecule has 1 saturated heterocycles. The summed E-state index contributed by atoms with van der Waals surface area (Å²) in [7, 11) is 2.03. The first-order chi connectivity index (χ1) is 8.43. The van der Waals surface area contributed by atoms with Crippen molar-refractivity contribution in [3.63, 3.8) is 0 Å². The van der Waals surface area contributed by atoms with Crippen LogP contribution in [0.1, 0.15) is 26.7 Å². The van der Waals surface area contributed by atoms with Crippen molar-refractivity contribution in [2.75, 3.05) is 26.7 Å². The topological polar surface area (TPSA) is 72.9 Å². The smallest absolute Gasteiger partial charge is 0.317 e. The van der Waals surface area contributed by atoms with Gasteiger partial charge in [-0.3, -0.25) is 4.79 Å². The molecule has 6 nitrogen and oxygen atoms in total. The molecule has 1 fully saturated rings. The molecule has 2 atom stereocenters. The van der Waals surface area contributed by atoms with Crippen molar-refractivity contribution in [3.8, 4) is 0 Å². The number of carbonyl (C=O) groups excluding carboxylic acids is 1. The molecule has 0 aromatic carbocycles. The van der Waals surface area contributed by atoms with Gasteiger partial charge in [0.1, 0.15) is 0 Å². The normalized spacial score (nSPS) is 22.6. The molecule has 18 heavy (non-hydrogen) atoms. The van der Waals surface area contributed by atoms with Gasteiger partial charge in [-0.25, -0.2) is 4.79 Å². The molecule has 1 heterocycles. The summed E-state index contributed by atoms with van der Waals surface area (Å²) in [5, 5.41) is 11.6. The predicted octanol–water partition coefficient (Wildman–Crippen LogP) is 0.585.